The van der Waals surface area contributed by atoms with E-state index in [4.69, 9.17) is 20.9 Å². The molecule has 9 nitrogen and oxygen atoms in total. The summed E-state index contributed by atoms with van der Waals surface area (Å²) in [4.78, 5) is 43.0. The summed E-state index contributed by atoms with van der Waals surface area (Å²) in [5.74, 6) is 0.364. The Morgan fingerprint density at radius 2 is 1.92 bits per heavy atom. The van der Waals surface area contributed by atoms with Gasteiger partial charge in [0.1, 0.15) is 17.3 Å². The number of primary amides is 1. The summed E-state index contributed by atoms with van der Waals surface area (Å²) in [7, 11) is 0. The molecule has 0 radical (unpaired) electrons. The van der Waals surface area contributed by atoms with Gasteiger partial charge in [-0.15, -0.1) is 17.0 Å². The second-order valence-electron chi connectivity index (χ2n) is 10.9. The molecule has 1 saturated carbocycles. The second-order valence-corrected chi connectivity index (χ2v) is 10.9. The molecular weight excluding hydrogens is 550 g/mol. The third-order valence-electron chi connectivity index (χ3n) is 6.58. The number of amidine groups is 1. The van der Waals surface area contributed by atoms with Gasteiger partial charge in [-0.2, -0.15) is 0 Å². The number of benzene rings is 1. The van der Waals surface area contributed by atoms with Gasteiger partial charge < -0.3 is 20.7 Å². The molecule has 10 heteroatoms. The van der Waals surface area contributed by atoms with Gasteiger partial charge in [0, 0.05) is 48.2 Å². The summed E-state index contributed by atoms with van der Waals surface area (Å²) in [5, 5.41) is 11.4. The van der Waals surface area contributed by atoms with E-state index in [1.165, 1.54) is 6.92 Å². The van der Waals surface area contributed by atoms with E-state index in [-0.39, 0.29) is 54.1 Å². The number of ether oxygens (including phenoxy) is 1. The fourth-order valence-corrected chi connectivity index (χ4v) is 4.48. The molecule has 0 saturated heterocycles. The molecule has 0 unspecified atom stereocenters. The van der Waals surface area contributed by atoms with Crippen LogP contribution in [-0.2, 0) is 21.5 Å². The maximum absolute atomic E-state index is 13.5. The zero-order valence-corrected chi connectivity index (χ0v) is 24.1. The van der Waals surface area contributed by atoms with Crippen LogP contribution in [0.5, 0.6) is 5.75 Å². The number of Topliss-reactive ketones (excluding diaryl/α,β-unsaturated/α-hetero) is 1. The van der Waals surface area contributed by atoms with E-state index in [0.717, 1.165) is 29.7 Å². The molecule has 1 fully saturated rings. The van der Waals surface area contributed by atoms with Gasteiger partial charge >= 0.3 is 0 Å². The zero-order chi connectivity index (χ0) is 26.9. The van der Waals surface area contributed by atoms with Crippen LogP contribution in [0.4, 0.5) is 5.69 Å². The molecule has 2 aliphatic rings. The largest absolute Gasteiger partial charge is 0.491 e. The van der Waals surface area contributed by atoms with Crippen molar-refractivity contribution < 1.29 is 19.1 Å². The first kappa shape index (κ1) is 29.3. The van der Waals surface area contributed by atoms with E-state index >= 15 is 0 Å². The Balaban J connectivity index is 0.00000400. The van der Waals surface area contributed by atoms with Crippen LogP contribution >= 0.6 is 17.0 Å². The van der Waals surface area contributed by atoms with E-state index in [0.29, 0.717) is 41.6 Å². The van der Waals surface area contributed by atoms with Crippen molar-refractivity contribution in [3.05, 3.63) is 52.3 Å². The van der Waals surface area contributed by atoms with Crippen LogP contribution in [0.25, 0.3) is 0 Å². The number of nitrogens with one attached hydrogen (secondary N) is 2. The monoisotopic (exact) mass is 585 g/mol. The number of hydrogen-bond donors (Lipinski definition) is 3. The Morgan fingerprint density at radius 1 is 1.21 bits per heavy atom. The van der Waals surface area contributed by atoms with E-state index in [1.54, 1.807) is 17.0 Å². The first-order valence-electron chi connectivity index (χ1n) is 12.7. The molecule has 4 rings (SSSR count). The fourth-order valence-electron chi connectivity index (χ4n) is 4.48. The van der Waals surface area contributed by atoms with Crippen LogP contribution in [0, 0.1) is 5.41 Å². The van der Waals surface area contributed by atoms with Crippen LogP contribution in [0.3, 0.4) is 0 Å². The highest BCUT2D eigenvalue weighted by atomic mass is 79.9. The summed E-state index contributed by atoms with van der Waals surface area (Å²) in [6, 6.07) is 7.48. The molecule has 1 aliphatic carbocycles. The van der Waals surface area contributed by atoms with Gasteiger partial charge in [0.25, 0.3) is 0 Å². The van der Waals surface area contributed by atoms with Crippen molar-refractivity contribution in [3.8, 4) is 5.75 Å². The summed E-state index contributed by atoms with van der Waals surface area (Å²) < 4.78 is 6.02. The lowest BCUT2D eigenvalue weighted by Crippen LogP contribution is -2.31. The molecule has 1 aliphatic heterocycles. The smallest absolute Gasteiger partial charge is 0.221 e. The highest BCUT2D eigenvalue weighted by Gasteiger charge is 2.32. The van der Waals surface area contributed by atoms with E-state index in [9.17, 15) is 14.4 Å². The number of carbonyl (C=O) groups is 3. The summed E-state index contributed by atoms with van der Waals surface area (Å²) in [6.07, 6.45) is 2.91. The summed E-state index contributed by atoms with van der Waals surface area (Å²) in [6.45, 7) is 8.12. The average Bonchev–Trinajstić information content (AvgIpc) is 3.61. The van der Waals surface area contributed by atoms with Crippen LogP contribution in [-0.4, -0.2) is 46.5 Å². The maximum Gasteiger partial charge on any atom is 0.221 e. The molecule has 38 heavy (non-hydrogen) atoms. The van der Waals surface area contributed by atoms with Crippen LogP contribution in [0.2, 0.25) is 0 Å². The molecule has 0 atom stereocenters. The number of aromatic nitrogens is 1. The van der Waals surface area contributed by atoms with Crippen LogP contribution < -0.4 is 15.8 Å². The van der Waals surface area contributed by atoms with E-state index < -0.39 is 11.3 Å². The number of ketones is 1. The highest BCUT2D eigenvalue weighted by molar-refractivity contribution is 8.93. The third kappa shape index (κ3) is 6.78. The molecule has 0 bridgehead atoms. The number of amides is 2. The minimum Gasteiger partial charge on any atom is -0.491 e. The van der Waals surface area contributed by atoms with Crippen LogP contribution in [0.15, 0.2) is 24.3 Å². The summed E-state index contributed by atoms with van der Waals surface area (Å²) in [5.41, 5.74) is 9.06. The SMILES string of the molecule is Br.CC(=O)Nc1cc(C(=O)CN2Cc3ccc(C4CC4)nc3C2=N)cc(C(C)(C)C)c1OCCCC(N)=O. The number of nitrogens with two attached hydrogens (primary N) is 1. The average molecular weight is 587 g/mol. The van der Waals surface area contributed by atoms with E-state index in [1.807, 2.05) is 32.9 Å². The molecule has 0 spiro atoms. The van der Waals surface area contributed by atoms with Crippen molar-refractivity contribution in [3.63, 3.8) is 0 Å². The van der Waals surface area contributed by atoms with Crippen molar-refractivity contribution in [1.29, 1.82) is 5.41 Å². The van der Waals surface area contributed by atoms with Crippen LogP contribution in [0.1, 0.15) is 92.2 Å². The van der Waals surface area contributed by atoms with Gasteiger partial charge in [-0.1, -0.05) is 26.8 Å². The molecule has 2 heterocycles. The minimum absolute atomic E-state index is 0. The van der Waals surface area contributed by atoms with Gasteiger partial charge in [-0.25, -0.2) is 4.98 Å². The second kappa shape index (κ2) is 11.6. The topological polar surface area (TPSA) is 138 Å². The predicted octanol–water partition coefficient (Wildman–Crippen LogP) is 4.46. The Kier molecular flexibility index (Phi) is 8.97. The normalized spacial score (nSPS) is 14.5. The minimum atomic E-state index is -0.406. The first-order valence-corrected chi connectivity index (χ1v) is 12.7. The number of rotatable bonds is 10. The molecular formula is C28H36BrN5O4. The number of hydrogen-bond acceptors (Lipinski definition) is 6. The Labute approximate surface area is 233 Å². The molecule has 4 N–H and O–H groups in total. The molecule has 1 aromatic carbocycles. The van der Waals surface area contributed by atoms with Crippen molar-refractivity contribution in [2.75, 3.05) is 18.5 Å². The zero-order valence-electron chi connectivity index (χ0n) is 22.3. The van der Waals surface area contributed by atoms with Crippen molar-refractivity contribution in [2.45, 2.75) is 71.3 Å². The number of fused-ring (bicyclic) bond motifs is 1. The van der Waals surface area contributed by atoms with E-state index in [2.05, 4.69) is 5.32 Å². The molecule has 2 amide bonds. The number of pyridine rings is 1. The molecule has 204 valence electrons. The number of carbonyl (C=O) groups excluding carboxylic acids is 3. The first-order chi connectivity index (χ1) is 17.4. The standard InChI is InChI=1S/C28H35N5O4.BrH/c1-16(34)31-22-13-19(12-20(28(2,3)4)26(22)37-11-5-6-24(29)36)23(35)15-33-14-18-9-10-21(17-7-8-17)32-25(18)27(33)30;/h9-10,12-13,17,30H,5-8,11,14-15H2,1-4H3,(H2,29,36)(H,31,34);1H. The van der Waals surface area contributed by atoms with Gasteiger partial charge in [0.05, 0.1) is 18.8 Å². The van der Waals surface area contributed by atoms with Gasteiger partial charge in [0.15, 0.2) is 5.78 Å². The molecule has 2 aromatic rings. The molecule has 1 aromatic heterocycles. The lowest BCUT2D eigenvalue weighted by Gasteiger charge is -2.26. The highest BCUT2D eigenvalue weighted by Crippen LogP contribution is 2.40. The Bertz CT molecular complexity index is 1270. The lowest BCUT2D eigenvalue weighted by atomic mass is 9.84. The number of anilines is 1. The summed E-state index contributed by atoms with van der Waals surface area (Å²) >= 11 is 0. The lowest BCUT2D eigenvalue weighted by molar-refractivity contribution is -0.118. The fraction of sp³-hybridized carbons (Fsp3) is 0.464. The number of nitrogens with zero attached hydrogens (tertiary/aromatic N) is 2. The maximum atomic E-state index is 13.5. The predicted molar refractivity (Wildman–Crippen MR) is 151 cm³/mol. The van der Waals surface area contributed by atoms with Crippen molar-refractivity contribution in [2.24, 2.45) is 5.73 Å². The number of halogens is 1. The van der Waals surface area contributed by atoms with Gasteiger partial charge in [-0.3, -0.25) is 19.8 Å². The Morgan fingerprint density at radius 3 is 2.53 bits per heavy atom. The third-order valence-corrected chi connectivity index (χ3v) is 6.58. The quantitative estimate of drug-likeness (QED) is 0.278. The van der Waals surface area contributed by atoms with Gasteiger partial charge in [-0.05, 0) is 42.9 Å². The van der Waals surface area contributed by atoms with Crippen molar-refractivity contribution in [1.82, 2.24) is 9.88 Å². The van der Waals surface area contributed by atoms with Crippen molar-refractivity contribution >= 4 is 46.1 Å². The van der Waals surface area contributed by atoms with Gasteiger partial charge in [0.2, 0.25) is 11.8 Å². The Hall–Kier alpha value is -3.27.